The molecule has 3 rings (SSSR count). The summed E-state index contributed by atoms with van der Waals surface area (Å²) in [6.07, 6.45) is 2.22. The highest BCUT2D eigenvalue weighted by atomic mass is 35.5. The quantitative estimate of drug-likeness (QED) is 0.670. The number of hydrogen-bond acceptors (Lipinski definition) is 3. The first-order valence-electron chi connectivity index (χ1n) is 7.80. The Kier molecular flexibility index (Phi) is 5.17. The first-order chi connectivity index (χ1) is 11.8. The van der Waals surface area contributed by atoms with Crippen LogP contribution in [0.2, 0.25) is 5.02 Å². The van der Waals surface area contributed by atoms with Crippen molar-refractivity contribution in [3.05, 3.63) is 53.1 Å². The van der Waals surface area contributed by atoms with Crippen molar-refractivity contribution < 1.29 is 8.42 Å². The van der Waals surface area contributed by atoms with Gasteiger partial charge < -0.3 is 10.6 Å². The topological polar surface area (TPSA) is 70.2 Å². The lowest BCUT2D eigenvalue weighted by Crippen LogP contribution is -2.30. The lowest BCUT2D eigenvalue weighted by atomic mass is 10.2. The largest absolute Gasteiger partial charge is 0.360 e. The maximum absolute atomic E-state index is 12.6. The van der Waals surface area contributed by atoms with E-state index in [0.717, 1.165) is 18.4 Å². The van der Waals surface area contributed by atoms with Gasteiger partial charge in [-0.15, -0.1) is 0 Å². The molecule has 0 bridgehead atoms. The van der Waals surface area contributed by atoms with Gasteiger partial charge in [0.1, 0.15) is 0 Å². The van der Waals surface area contributed by atoms with Crippen LogP contribution < -0.4 is 15.4 Å². The van der Waals surface area contributed by atoms with Gasteiger partial charge in [0.15, 0.2) is 5.11 Å². The Morgan fingerprint density at radius 2 is 1.96 bits per heavy atom. The molecule has 2 aromatic carbocycles. The Balaban J connectivity index is 1.80. The van der Waals surface area contributed by atoms with E-state index in [2.05, 4.69) is 15.4 Å². The number of anilines is 2. The fraction of sp³-hybridized carbons (Fsp3) is 0.235. The van der Waals surface area contributed by atoms with E-state index in [1.165, 1.54) is 0 Å². The number of nitrogens with one attached hydrogen (secondary N) is 3. The molecule has 1 saturated carbocycles. The Labute approximate surface area is 157 Å². The fourth-order valence-corrected chi connectivity index (χ4v) is 3.78. The van der Waals surface area contributed by atoms with Gasteiger partial charge in [-0.1, -0.05) is 23.7 Å². The molecule has 0 amide bonds. The molecule has 0 radical (unpaired) electrons. The molecule has 0 saturated heterocycles. The number of hydrogen-bond donors (Lipinski definition) is 3. The third-order valence-electron chi connectivity index (χ3n) is 3.76. The summed E-state index contributed by atoms with van der Waals surface area (Å²) in [4.78, 5) is 0.148. The highest BCUT2D eigenvalue weighted by Gasteiger charge is 2.22. The molecule has 0 spiro atoms. The maximum atomic E-state index is 12.6. The van der Waals surface area contributed by atoms with E-state index in [9.17, 15) is 8.42 Å². The molecule has 8 heteroatoms. The average molecular weight is 396 g/mol. The standard InChI is InChI=1S/C17H18ClN3O2S2/c1-11-5-8-15(10-16(11)20-17(24)19-13-6-7-13)25(22,23)21-14-4-2-3-12(18)9-14/h2-5,8-10,13,21H,6-7H2,1H3,(H2,19,20,24). The molecule has 132 valence electrons. The van der Waals surface area contributed by atoms with Gasteiger partial charge >= 0.3 is 0 Å². The van der Waals surface area contributed by atoms with Crippen LogP contribution in [0.5, 0.6) is 0 Å². The van der Waals surface area contributed by atoms with E-state index >= 15 is 0 Å². The highest BCUT2D eigenvalue weighted by Crippen LogP contribution is 2.24. The second kappa shape index (κ2) is 7.19. The molecule has 3 N–H and O–H groups in total. The first-order valence-corrected chi connectivity index (χ1v) is 10.1. The van der Waals surface area contributed by atoms with Crippen molar-refractivity contribution in [2.75, 3.05) is 10.0 Å². The third kappa shape index (κ3) is 4.84. The van der Waals surface area contributed by atoms with Crippen molar-refractivity contribution in [3.63, 3.8) is 0 Å². The van der Waals surface area contributed by atoms with E-state index in [1.54, 1.807) is 42.5 Å². The van der Waals surface area contributed by atoms with Crippen molar-refractivity contribution in [2.24, 2.45) is 0 Å². The van der Waals surface area contributed by atoms with Crippen LogP contribution in [-0.2, 0) is 10.0 Å². The number of halogens is 1. The van der Waals surface area contributed by atoms with E-state index in [-0.39, 0.29) is 4.90 Å². The van der Waals surface area contributed by atoms with Crippen LogP contribution in [0.25, 0.3) is 0 Å². The smallest absolute Gasteiger partial charge is 0.261 e. The van der Waals surface area contributed by atoms with Crippen molar-refractivity contribution >= 4 is 50.3 Å². The van der Waals surface area contributed by atoms with Gasteiger partial charge in [0.25, 0.3) is 10.0 Å². The predicted molar refractivity (Wildman–Crippen MR) is 106 cm³/mol. The summed E-state index contributed by atoms with van der Waals surface area (Å²) in [5.41, 5.74) is 1.97. The molecule has 1 fully saturated rings. The number of sulfonamides is 1. The van der Waals surface area contributed by atoms with Gasteiger partial charge in [0, 0.05) is 16.8 Å². The van der Waals surface area contributed by atoms with Crippen LogP contribution in [0, 0.1) is 6.92 Å². The van der Waals surface area contributed by atoms with Crippen molar-refractivity contribution in [1.82, 2.24) is 5.32 Å². The van der Waals surface area contributed by atoms with Crippen LogP contribution in [0.1, 0.15) is 18.4 Å². The molecule has 0 aliphatic heterocycles. The zero-order chi connectivity index (χ0) is 18.0. The number of thiocarbonyl (C=S) groups is 1. The minimum absolute atomic E-state index is 0.148. The molecule has 0 unspecified atom stereocenters. The van der Waals surface area contributed by atoms with Gasteiger partial charge in [-0.05, 0) is 67.9 Å². The predicted octanol–water partition coefficient (Wildman–Crippen LogP) is 3.90. The molecule has 0 heterocycles. The zero-order valence-electron chi connectivity index (χ0n) is 13.5. The van der Waals surface area contributed by atoms with E-state index in [4.69, 9.17) is 23.8 Å². The normalized spacial score (nSPS) is 14.0. The number of benzene rings is 2. The SMILES string of the molecule is Cc1ccc(S(=O)(=O)Nc2cccc(Cl)c2)cc1NC(=S)NC1CC1. The van der Waals surface area contributed by atoms with E-state index < -0.39 is 10.0 Å². The maximum Gasteiger partial charge on any atom is 0.261 e. The van der Waals surface area contributed by atoms with Gasteiger partial charge in [-0.25, -0.2) is 8.42 Å². The summed E-state index contributed by atoms with van der Waals surface area (Å²) in [6, 6.07) is 11.9. The monoisotopic (exact) mass is 395 g/mol. The molecule has 5 nitrogen and oxygen atoms in total. The number of aryl methyl sites for hydroxylation is 1. The Hall–Kier alpha value is -1.83. The Morgan fingerprint density at radius 1 is 1.20 bits per heavy atom. The fourth-order valence-electron chi connectivity index (χ4n) is 2.24. The van der Waals surface area contributed by atoms with Gasteiger partial charge in [0.2, 0.25) is 0 Å². The van der Waals surface area contributed by atoms with Gasteiger partial charge in [-0.2, -0.15) is 0 Å². The lowest BCUT2D eigenvalue weighted by molar-refractivity contribution is 0.601. The summed E-state index contributed by atoms with van der Waals surface area (Å²) in [5, 5.41) is 7.21. The first kappa shape index (κ1) is 18.0. The van der Waals surface area contributed by atoms with E-state index in [1.807, 2.05) is 6.92 Å². The van der Waals surface area contributed by atoms with E-state index in [0.29, 0.717) is 27.6 Å². The molecule has 25 heavy (non-hydrogen) atoms. The van der Waals surface area contributed by atoms with Crippen molar-refractivity contribution in [1.29, 1.82) is 0 Å². The van der Waals surface area contributed by atoms with Crippen LogP contribution in [0.15, 0.2) is 47.4 Å². The van der Waals surface area contributed by atoms with Crippen LogP contribution in [-0.4, -0.2) is 19.6 Å². The Bertz CT molecular complexity index is 912. The van der Waals surface area contributed by atoms with Crippen LogP contribution in [0.4, 0.5) is 11.4 Å². The summed E-state index contributed by atoms with van der Waals surface area (Å²) in [6.45, 7) is 1.89. The molecular formula is C17H18ClN3O2S2. The molecule has 1 aliphatic carbocycles. The summed E-state index contributed by atoms with van der Waals surface area (Å²) < 4.78 is 27.8. The summed E-state index contributed by atoms with van der Waals surface area (Å²) in [7, 11) is -3.73. The van der Waals surface area contributed by atoms with Crippen LogP contribution in [0.3, 0.4) is 0 Å². The van der Waals surface area contributed by atoms with Crippen molar-refractivity contribution in [2.45, 2.75) is 30.7 Å². The van der Waals surface area contributed by atoms with Crippen molar-refractivity contribution in [3.8, 4) is 0 Å². The molecule has 0 atom stereocenters. The van der Waals surface area contributed by atoms with Gasteiger partial charge in [0.05, 0.1) is 10.6 Å². The summed E-state index contributed by atoms with van der Waals surface area (Å²) >= 11 is 11.2. The van der Waals surface area contributed by atoms with Gasteiger partial charge in [-0.3, -0.25) is 4.72 Å². The molecule has 0 aromatic heterocycles. The minimum atomic E-state index is -3.73. The lowest BCUT2D eigenvalue weighted by Gasteiger charge is -2.14. The zero-order valence-corrected chi connectivity index (χ0v) is 15.9. The third-order valence-corrected chi connectivity index (χ3v) is 5.59. The molecule has 2 aromatic rings. The minimum Gasteiger partial charge on any atom is -0.360 e. The second-order valence-electron chi connectivity index (χ2n) is 5.97. The number of rotatable bonds is 5. The second-order valence-corrected chi connectivity index (χ2v) is 8.49. The molecular weight excluding hydrogens is 378 g/mol. The molecule has 1 aliphatic rings. The highest BCUT2D eigenvalue weighted by molar-refractivity contribution is 7.92. The van der Waals surface area contributed by atoms with Crippen LogP contribution >= 0.6 is 23.8 Å². The summed E-state index contributed by atoms with van der Waals surface area (Å²) in [5.74, 6) is 0. The average Bonchev–Trinajstić information content (AvgIpc) is 3.32. The Morgan fingerprint density at radius 3 is 2.64 bits per heavy atom.